The van der Waals surface area contributed by atoms with Gasteiger partial charge in [-0.05, 0) is 71.1 Å². The number of aromatic nitrogens is 1. The Labute approximate surface area is 189 Å². The van der Waals surface area contributed by atoms with Gasteiger partial charge in [0.1, 0.15) is 11.9 Å². The van der Waals surface area contributed by atoms with E-state index < -0.39 is 6.04 Å². The normalized spacial score (nSPS) is 11.5. The smallest absolute Gasteiger partial charge is 0.253 e. The Balaban J connectivity index is 2.02. The first-order valence-electron chi connectivity index (χ1n) is 9.33. The van der Waals surface area contributed by atoms with E-state index in [1.54, 1.807) is 49.3 Å². The molecule has 1 aromatic heterocycles. The molecule has 0 aliphatic carbocycles. The van der Waals surface area contributed by atoms with Gasteiger partial charge in [-0.3, -0.25) is 14.4 Å². The first-order valence-corrected chi connectivity index (χ1v) is 11.5. The number of nitrogens with one attached hydrogen (secondary N) is 2. The van der Waals surface area contributed by atoms with Crippen LogP contribution in [0.4, 0.5) is 5.82 Å². The number of likely N-dealkylation sites (N-methyl/N-ethyl adjacent to an activating group) is 1. The van der Waals surface area contributed by atoms with E-state index >= 15 is 0 Å². The summed E-state index contributed by atoms with van der Waals surface area (Å²) in [5.74, 6) is 0.104. The van der Waals surface area contributed by atoms with Crippen LogP contribution in [0.15, 0.2) is 47.1 Å². The number of benzene rings is 1. The third kappa shape index (κ3) is 7.14. The summed E-state index contributed by atoms with van der Waals surface area (Å²) in [5, 5.41) is 5.49. The summed E-state index contributed by atoms with van der Waals surface area (Å²) < 4.78 is 0.650. The average Bonchev–Trinajstić information content (AvgIpc) is 2.70. The zero-order valence-corrected chi connectivity index (χ0v) is 19.5. The first kappa shape index (κ1) is 23.9. The van der Waals surface area contributed by atoms with E-state index in [0.29, 0.717) is 28.0 Å². The Bertz CT molecular complexity index is 909. The Morgan fingerprint density at radius 3 is 2.63 bits per heavy atom. The fraction of sp³-hybridized carbons (Fsp3) is 0.333. The quantitative estimate of drug-likeness (QED) is 0.560. The Hall–Kier alpha value is -2.39. The van der Waals surface area contributed by atoms with Crippen LogP contribution < -0.4 is 10.6 Å². The minimum atomic E-state index is -0.730. The maximum atomic E-state index is 12.9. The van der Waals surface area contributed by atoms with Crippen molar-refractivity contribution in [3.8, 4) is 0 Å². The lowest BCUT2D eigenvalue weighted by Crippen LogP contribution is -2.49. The van der Waals surface area contributed by atoms with Crippen molar-refractivity contribution in [2.24, 2.45) is 0 Å². The minimum absolute atomic E-state index is 0.144. The van der Waals surface area contributed by atoms with Gasteiger partial charge in [-0.1, -0.05) is 12.1 Å². The number of pyridine rings is 1. The van der Waals surface area contributed by atoms with E-state index in [0.717, 1.165) is 5.56 Å². The number of carbonyl (C=O) groups excluding carboxylic acids is 3. The minimum Gasteiger partial charge on any atom is -0.340 e. The third-order valence-electron chi connectivity index (χ3n) is 4.27. The molecule has 0 radical (unpaired) electrons. The highest BCUT2D eigenvalue weighted by Gasteiger charge is 2.26. The van der Waals surface area contributed by atoms with Gasteiger partial charge in [0, 0.05) is 17.7 Å². The summed E-state index contributed by atoms with van der Waals surface area (Å²) >= 11 is 4.94. The maximum Gasteiger partial charge on any atom is 0.253 e. The van der Waals surface area contributed by atoms with Crippen LogP contribution in [0.1, 0.15) is 22.3 Å². The second-order valence-electron chi connectivity index (χ2n) is 6.75. The van der Waals surface area contributed by atoms with Gasteiger partial charge in [-0.2, -0.15) is 11.8 Å². The monoisotopic (exact) mass is 492 g/mol. The molecular formula is C21H25BrN4O3S. The molecule has 160 valence electrons. The molecule has 2 aromatic rings. The SMILES string of the molecule is CSCCC(NC(=O)c1ccccc1Br)C(=O)N(C)CC(=O)Nc1cc(C)ccn1. The fourth-order valence-corrected chi connectivity index (χ4v) is 3.66. The van der Waals surface area contributed by atoms with E-state index in [1.807, 2.05) is 25.3 Å². The number of hydrogen-bond acceptors (Lipinski definition) is 5. The second kappa shape index (κ2) is 11.7. The number of halogens is 1. The second-order valence-corrected chi connectivity index (χ2v) is 8.59. The van der Waals surface area contributed by atoms with Crippen molar-refractivity contribution in [1.29, 1.82) is 0 Å². The summed E-state index contributed by atoms with van der Waals surface area (Å²) in [5.41, 5.74) is 1.42. The molecule has 0 saturated heterocycles. The topological polar surface area (TPSA) is 91.4 Å². The highest BCUT2D eigenvalue weighted by molar-refractivity contribution is 9.10. The molecule has 0 spiro atoms. The number of anilines is 1. The predicted octanol–water partition coefficient (Wildman–Crippen LogP) is 3.10. The van der Waals surface area contributed by atoms with Gasteiger partial charge in [-0.15, -0.1) is 0 Å². The maximum absolute atomic E-state index is 12.9. The highest BCUT2D eigenvalue weighted by atomic mass is 79.9. The number of thioether (sulfide) groups is 1. The van der Waals surface area contributed by atoms with Crippen molar-refractivity contribution >= 4 is 51.2 Å². The molecule has 2 N–H and O–H groups in total. The van der Waals surface area contributed by atoms with Gasteiger partial charge in [0.25, 0.3) is 5.91 Å². The van der Waals surface area contributed by atoms with Crippen molar-refractivity contribution in [1.82, 2.24) is 15.2 Å². The largest absolute Gasteiger partial charge is 0.340 e. The number of rotatable bonds is 9. The standard InChI is InChI=1S/C21H25BrN4O3S/c1-14-8-10-23-18(12-14)25-19(27)13-26(2)21(29)17(9-11-30-3)24-20(28)15-6-4-5-7-16(15)22/h4-8,10,12,17H,9,11,13H2,1-3H3,(H,24,28)(H,23,25,27). The average molecular weight is 493 g/mol. The molecule has 1 unspecified atom stereocenters. The van der Waals surface area contributed by atoms with Gasteiger partial charge in [-0.25, -0.2) is 4.98 Å². The molecule has 1 heterocycles. The fourth-order valence-electron chi connectivity index (χ4n) is 2.72. The lowest BCUT2D eigenvalue weighted by Gasteiger charge is -2.24. The predicted molar refractivity (Wildman–Crippen MR) is 124 cm³/mol. The number of aryl methyl sites for hydroxylation is 1. The lowest BCUT2D eigenvalue weighted by atomic mass is 10.1. The molecule has 0 fully saturated rings. The molecule has 0 aliphatic heterocycles. The van der Waals surface area contributed by atoms with Crippen LogP contribution >= 0.6 is 27.7 Å². The van der Waals surface area contributed by atoms with E-state index in [4.69, 9.17) is 0 Å². The molecule has 1 atom stereocenters. The number of hydrogen-bond donors (Lipinski definition) is 2. The Kier molecular flexibility index (Phi) is 9.32. The third-order valence-corrected chi connectivity index (χ3v) is 5.61. The molecule has 0 saturated carbocycles. The Morgan fingerprint density at radius 2 is 1.97 bits per heavy atom. The van der Waals surface area contributed by atoms with Crippen LogP contribution in [0.3, 0.4) is 0 Å². The lowest BCUT2D eigenvalue weighted by molar-refractivity contribution is -0.135. The first-order chi connectivity index (χ1) is 14.3. The van der Waals surface area contributed by atoms with Crippen LogP contribution in [0.25, 0.3) is 0 Å². The summed E-state index contributed by atoms with van der Waals surface area (Å²) in [6.07, 6.45) is 4.00. The summed E-state index contributed by atoms with van der Waals surface area (Å²) in [6, 6.07) is 9.87. The number of carbonyl (C=O) groups is 3. The zero-order valence-electron chi connectivity index (χ0n) is 17.1. The number of amides is 3. The van der Waals surface area contributed by atoms with Crippen molar-refractivity contribution < 1.29 is 14.4 Å². The van der Waals surface area contributed by atoms with Crippen molar-refractivity contribution in [2.45, 2.75) is 19.4 Å². The van der Waals surface area contributed by atoms with Crippen LogP contribution in [0.2, 0.25) is 0 Å². The molecular weight excluding hydrogens is 468 g/mol. The van der Waals surface area contributed by atoms with Crippen LogP contribution in [0, 0.1) is 6.92 Å². The van der Waals surface area contributed by atoms with Gasteiger partial charge in [0.15, 0.2) is 0 Å². The van der Waals surface area contributed by atoms with Crippen molar-refractivity contribution in [3.05, 3.63) is 58.2 Å². The molecule has 9 heteroatoms. The molecule has 0 bridgehead atoms. The van der Waals surface area contributed by atoms with Crippen LogP contribution in [-0.4, -0.2) is 59.2 Å². The molecule has 1 aromatic carbocycles. The van der Waals surface area contributed by atoms with Gasteiger partial charge in [0.05, 0.1) is 12.1 Å². The molecule has 0 aliphatic rings. The van der Waals surface area contributed by atoms with Crippen molar-refractivity contribution in [3.63, 3.8) is 0 Å². The van der Waals surface area contributed by atoms with Gasteiger partial charge < -0.3 is 15.5 Å². The summed E-state index contributed by atoms with van der Waals surface area (Å²) in [7, 11) is 1.54. The van der Waals surface area contributed by atoms with Crippen molar-refractivity contribution in [2.75, 3.05) is 30.9 Å². The highest BCUT2D eigenvalue weighted by Crippen LogP contribution is 2.16. The van der Waals surface area contributed by atoms with Gasteiger partial charge in [0.2, 0.25) is 11.8 Å². The summed E-state index contributed by atoms with van der Waals surface area (Å²) in [4.78, 5) is 43.3. The van der Waals surface area contributed by atoms with Gasteiger partial charge >= 0.3 is 0 Å². The van der Waals surface area contributed by atoms with E-state index in [1.165, 1.54) is 4.90 Å². The zero-order chi connectivity index (χ0) is 22.1. The van der Waals surface area contributed by atoms with E-state index in [-0.39, 0.29) is 24.3 Å². The molecule has 30 heavy (non-hydrogen) atoms. The van der Waals surface area contributed by atoms with Crippen LogP contribution in [-0.2, 0) is 9.59 Å². The molecule has 3 amide bonds. The van der Waals surface area contributed by atoms with E-state index in [9.17, 15) is 14.4 Å². The molecule has 2 rings (SSSR count). The molecule has 7 nitrogen and oxygen atoms in total. The number of nitrogens with zero attached hydrogens (tertiary/aromatic N) is 2. The Morgan fingerprint density at radius 1 is 1.23 bits per heavy atom. The summed E-state index contributed by atoms with van der Waals surface area (Å²) in [6.45, 7) is 1.76. The van der Waals surface area contributed by atoms with E-state index in [2.05, 4.69) is 31.5 Å². The van der Waals surface area contributed by atoms with Crippen LogP contribution in [0.5, 0.6) is 0 Å².